The smallest absolute Gasteiger partial charge is 0.256 e. The summed E-state index contributed by atoms with van der Waals surface area (Å²) < 4.78 is 32.9. The van der Waals surface area contributed by atoms with Gasteiger partial charge in [0.15, 0.2) is 0 Å². The fourth-order valence-corrected chi connectivity index (χ4v) is 4.98. The number of ether oxygens (including phenoxy) is 1. The van der Waals surface area contributed by atoms with E-state index in [0.717, 1.165) is 29.9 Å². The molecule has 2 aromatic carbocycles. The van der Waals surface area contributed by atoms with E-state index in [1.54, 1.807) is 30.0 Å². The number of hydrogen-bond donors (Lipinski definition) is 2. The number of amides is 1. The first-order valence-electron chi connectivity index (χ1n) is 9.74. The minimum Gasteiger partial charge on any atom is -0.377 e. The van der Waals surface area contributed by atoms with Crippen molar-refractivity contribution in [1.82, 2.24) is 4.72 Å². The summed E-state index contributed by atoms with van der Waals surface area (Å²) in [6.45, 7) is 3.05. The lowest BCUT2D eigenvalue weighted by Crippen LogP contribution is -2.31. The van der Waals surface area contributed by atoms with Gasteiger partial charge in [-0.15, -0.1) is 11.8 Å². The van der Waals surface area contributed by atoms with Gasteiger partial charge >= 0.3 is 0 Å². The highest BCUT2D eigenvalue weighted by atomic mass is 32.2. The van der Waals surface area contributed by atoms with Gasteiger partial charge in [-0.25, -0.2) is 13.1 Å². The van der Waals surface area contributed by atoms with Gasteiger partial charge in [-0.1, -0.05) is 19.1 Å². The van der Waals surface area contributed by atoms with Crippen LogP contribution in [0.1, 0.15) is 36.5 Å². The van der Waals surface area contributed by atoms with Crippen LogP contribution in [0, 0.1) is 0 Å². The molecular weight excluding hydrogens is 408 g/mol. The number of benzene rings is 2. The Morgan fingerprint density at radius 2 is 1.93 bits per heavy atom. The third-order valence-electron chi connectivity index (χ3n) is 4.54. The zero-order chi connectivity index (χ0) is 20.7. The number of sulfonamides is 1. The molecule has 1 atom stereocenters. The second kappa shape index (κ2) is 10.2. The van der Waals surface area contributed by atoms with E-state index in [2.05, 4.69) is 17.0 Å². The molecule has 1 heterocycles. The molecule has 0 radical (unpaired) electrons. The summed E-state index contributed by atoms with van der Waals surface area (Å²) in [6.07, 6.45) is 2.79. The first-order chi connectivity index (χ1) is 14.0. The lowest BCUT2D eigenvalue weighted by atomic mass is 10.2. The third-order valence-corrected chi connectivity index (χ3v) is 7.26. The molecule has 2 aromatic rings. The molecule has 156 valence electrons. The minimum absolute atomic E-state index is 0.0611. The molecule has 1 amide bonds. The molecule has 0 unspecified atom stereocenters. The molecule has 0 aliphatic carbocycles. The molecule has 29 heavy (non-hydrogen) atoms. The molecule has 1 aliphatic rings. The van der Waals surface area contributed by atoms with Crippen LogP contribution in [0.15, 0.2) is 58.3 Å². The van der Waals surface area contributed by atoms with Gasteiger partial charge in [0, 0.05) is 23.7 Å². The number of hydrogen-bond acceptors (Lipinski definition) is 5. The molecule has 3 rings (SSSR count). The Kier molecular flexibility index (Phi) is 7.71. The average Bonchev–Trinajstić information content (AvgIpc) is 3.25. The van der Waals surface area contributed by atoms with Gasteiger partial charge in [0.05, 0.1) is 16.6 Å². The van der Waals surface area contributed by atoms with Crippen LogP contribution in [-0.2, 0) is 14.8 Å². The lowest BCUT2D eigenvalue weighted by molar-refractivity contribution is 0.102. The van der Waals surface area contributed by atoms with Crippen LogP contribution in [0.2, 0.25) is 0 Å². The van der Waals surface area contributed by atoms with Crippen molar-refractivity contribution in [3.05, 3.63) is 54.1 Å². The van der Waals surface area contributed by atoms with E-state index >= 15 is 0 Å². The first kappa shape index (κ1) is 21.8. The van der Waals surface area contributed by atoms with Crippen LogP contribution in [0.3, 0.4) is 0 Å². The van der Waals surface area contributed by atoms with Crippen LogP contribution >= 0.6 is 11.8 Å². The fraction of sp³-hybridized carbons (Fsp3) is 0.381. The Morgan fingerprint density at radius 3 is 2.62 bits per heavy atom. The molecule has 1 saturated heterocycles. The molecule has 1 fully saturated rings. The van der Waals surface area contributed by atoms with Crippen molar-refractivity contribution >= 4 is 33.4 Å². The maximum Gasteiger partial charge on any atom is 0.256 e. The molecule has 0 aromatic heterocycles. The highest BCUT2D eigenvalue weighted by Crippen LogP contribution is 2.24. The van der Waals surface area contributed by atoms with E-state index in [0.29, 0.717) is 17.9 Å². The largest absolute Gasteiger partial charge is 0.377 e. The van der Waals surface area contributed by atoms with Crippen LogP contribution in [0.5, 0.6) is 0 Å². The van der Waals surface area contributed by atoms with Crippen molar-refractivity contribution in [3.8, 4) is 0 Å². The van der Waals surface area contributed by atoms with E-state index in [4.69, 9.17) is 4.74 Å². The molecular formula is C21H26N2O4S2. The first-order valence-corrected chi connectivity index (χ1v) is 12.2. The molecule has 0 bridgehead atoms. The van der Waals surface area contributed by atoms with E-state index in [1.165, 1.54) is 12.1 Å². The van der Waals surface area contributed by atoms with Gasteiger partial charge in [-0.3, -0.25) is 4.79 Å². The van der Waals surface area contributed by atoms with Crippen molar-refractivity contribution in [2.75, 3.05) is 24.2 Å². The maximum atomic E-state index is 12.7. The van der Waals surface area contributed by atoms with E-state index in [9.17, 15) is 13.2 Å². The molecule has 1 aliphatic heterocycles. The summed E-state index contributed by atoms with van der Waals surface area (Å²) in [5.41, 5.74) is 1.16. The van der Waals surface area contributed by atoms with Crippen molar-refractivity contribution in [1.29, 1.82) is 0 Å². The molecule has 0 spiro atoms. The zero-order valence-electron chi connectivity index (χ0n) is 16.4. The predicted octanol–water partition coefficient (Wildman–Crippen LogP) is 3.90. The number of anilines is 1. The Bertz CT molecular complexity index is 924. The minimum atomic E-state index is -3.61. The topological polar surface area (TPSA) is 84.5 Å². The summed E-state index contributed by atoms with van der Waals surface area (Å²) in [5.74, 6) is 0.728. The molecule has 6 nitrogen and oxygen atoms in total. The summed E-state index contributed by atoms with van der Waals surface area (Å²) in [5, 5.41) is 2.84. The van der Waals surface area contributed by atoms with Crippen LogP contribution in [0.4, 0.5) is 5.69 Å². The summed E-state index contributed by atoms with van der Waals surface area (Å²) >= 11 is 1.65. The number of nitrogens with one attached hydrogen (secondary N) is 2. The normalized spacial score (nSPS) is 16.7. The Balaban J connectivity index is 1.63. The highest BCUT2D eigenvalue weighted by molar-refractivity contribution is 7.99. The van der Waals surface area contributed by atoms with Gasteiger partial charge < -0.3 is 10.1 Å². The van der Waals surface area contributed by atoms with Gasteiger partial charge in [-0.05, 0) is 61.4 Å². The Hall–Kier alpha value is -1.87. The SMILES string of the molecule is CCCSc1ccccc1C(=O)Nc1ccc(S(=O)(=O)NC[C@@H]2CCCO2)cc1. The molecule has 0 saturated carbocycles. The number of rotatable bonds is 9. The van der Waals surface area contributed by atoms with Gasteiger partial charge in [0.2, 0.25) is 10.0 Å². The third kappa shape index (κ3) is 6.05. The second-order valence-corrected chi connectivity index (χ2v) is 9.71. The zero-order valence-corrected chi connectivity index (χ0v) is 18.0. The second-order valence-electron chi connectivity index (χ2n) is 6.81. The average molecular weight is 435 g/mol. The van der Waals surface area contributed by atoms with Crippen molar-refractivity contribution < 1.29 is 17.9 Å². The predicted molar refractivity (Wildman–Crippen MR) is 116 cm³/mol. The number of thioether (sulfide) groups is 1. The highest BCUT2D eigenvalue weighted by Gasteiger charge is 2.20. The maximum absolute atomic E-state index is 12.7. The van der Waals surface area contributed by atoms with Crippen LogP contribution in [0.25, 0.3) is 0 Å². The summed E-state index contributed by atoms with van der Waals surface area (Å²) in [4.78, 5) is 13.8. The molecule has 2 N–H and O–H groups in total. The van der Waals surface area contributed by atoms with E-state index in [-0.39, 0.29) is 23.5 Å². The number of carbonyl (C=O) groups excluding carboxylic acids is 1. The summed E-state index contributed by atoms with van der Waals surface area (Å²) in [6, 6.07) is 13.7. The van der Waals surface area contributed by atoms with Crippen molar-refractivity contribution in [2.45, 2.75) is 42.1 Å². The van der Waals surface area contributed by atoms with E-state index in [1.807, 2.05) is 18.2 Å². The standard InChI is InChI=1S/C21H26N2O4S2/c1-2-14-28-20-8-4-3-7-19(20)21(24)23-16-9-11-18(12-10-16)29(25,26)22-15-17-6-5-13-27-17/h3-4,7-12,17,22H,2,5-6,13-15H2,1H3,(H,23,24)/t17-/m0/s1. The van der Waals surface area contributed by atoms with Gasteiger partial charge in [-0.2, -0.15) is 0 Å². The summed E-state index contributed by atoms with van der Waals surface area (Å²) in [7, 11) is -3.61. The fourth-order valence-electron chi connectivity index (χ4n) is 3.00. The Morgan fingerprint density at radius 1 is 1.17 bits per heavy atom. The van der Waals surface area contributed by atoms with Crippen LogP contribution < -0.4 is 10.0 Å². The quantitative estimate of drug-likeness (QED) is 0.585. The van der Waals surface area contributed by atoms with Crippen LogP contribution in [-0.4, -0.2) is 39.3 Å². The van der Waals surface area contributed by atoms with Crippen molar-refractivity contribution in [2.24, 2.45) is 0 Å². The van der Waals surface area contributed by atoms with E-state index < -0.39 is 10.0 Å². The lowest BCUT2D eigenvalue weighted by Gasteiger charge is -2.12. The molecule has 8 heteroatoms. The van der Waals surface area contributed by atoms with Gasteiger partial charge in [0.1, 0.15) is 0 Å². The Labute approximate surface area is 176 Å². The number of carbonyl (C=O) groups is 1. The monoisotopic (exact) mass is 434 g/mol. The van der Waals surface area contributed by atoms with Gasteiger partial charge in [0.25, 0.3) is 5.91 Å². The van der Waals surface area contributed by atoms with Crippen molar-refractivity contribution in [3.63, 3.8) is 0 Å².